The number of benzene rings is 1. The standard InChI is InChI=1S/C18H18F2N2O4S/c19-12-5-11-15(14(20)16(12)21-4-3-9(6-21)8-27)22(10-1-2-10)7-13(17(11)23)26-18(24)25/h5,7,9-10,27H,1-4,6,8H2,(H,24,25). The van der Waals surface area contributed by atoms with Gasteiger partial charge in [0.15, 0.2) is 11.6 Å². The molecule has 2 aliphatic rings. The molecule has 4 rings (SSSR count). The fourth-order valence-corrected chi connectivity index (χ4v) is 3.99. The van der Waals surface area contributed by atoms with Gasteiger partial charge < -0.3 is 19.3 Å². The SMILES string of the molecule is O=C(O)Oc1cn(C2CC2)c2c(F)c(N3CCC(CS)C3)c(F)cc2c1=O. The Balaban J connectivity index is 1.93. The first-order valence-electron chi connectivity index (χ1n) is 8.74. The number of nitrogens with zero attached hydrogens (tertiary/aromatic N) is 2. The fourth-order valence-electron chi connectivity index (χ4n) is 3.69. The first-order valence-corrected chi connectivity index (χ1v) is 9.37. The Hall–Kier alpha value is -2.29. The van der Waals surface area contributed by atoms with E-state index in [0.29, 0.717) is 18.8 Å². The summed E-state index contributed by atoms with van der Waals surface area (Å²) in [6.45, 7) is 1.01. The van der Waals surface area contributed by atoms with Gasteiger partial charge in [-0.25, -0.2) is 13.6 Å². The summed E-state index contributed by atoms with van der Waals surface area (Å²) >= 11 is 4.26. The maximum atomic E-state index is 15.4. The van der Waals surface area contributed by atoms with Crippen LogP contribution in [-0.4, -0.2) is 34.7 Å². The van der Waals surface area contributed by atoms with Gasteiger partial charge in [-0.3, -0.25) is 4.79 Å². The van der Waals surface area contributed by atoms with Crippen molar-refractivity contribution in [3.05, 3.63) is 34.1 Å². The van der Waals surface area contributed by atoms with Crippen molar-refractivity contribution in [1.29, 1.82) is 0 Å². The van der Waals surface area contributed by atoms with E-state index < -0.39 is 29.0 Å². The molecule has 9 heteroatoms. The predicted molar refractivity (Wildman–Crippen MR) is 99.2 cm³/mol. The maximum Gasteiger partial charge on any atom is 0.511 e. The Bertz CT molecular complexity index is 990. The van der Waals surface area contributed by atoms with Crippen molar-refractivity contribution in [3.8, 4) is 5.75 Å². The average Bonchev–Trinajstić information content (AvgIpc) is 3.35. The monoisotopic (exact) mass is 396 g/mol. The molecule has 1 atom stereocenters. The molecule has 1 aromatic carbocycles. The lowest BCUT2D eigenvalue weighted by Gasteiger charge is -2.22. The molecule has 1 N–H and O–H groups in total. The van der Waals surface area contributed by atoms with Crippen molar-refractivity contribution in [1.82, 2.24) is 4.57 Å². The number of thiol groups is 1. The number of carboxylic acid groups (broad SMARTS) is 1. The second-order valence-electron chi connectivity index (χ2n) is 7.03. The van der Waals surface area contributed by atoms with Gasteiger partial charge in [-0.05, 0) is 37.0 Å². The molecule has 2 aromatic rings. The summed E-state index contributed by atoms with van der Waals surface area (Å²) in [5, 5.41) is 8.60. The predicted octanol–water partition coefficient (Wildman–Crippen LogP) is 3.43. The lowest BCUT2D eigenvalue weighted by atomic mass is 10.1. The molecular weight excluding hydrogens is 378 g/mol. The second-order valence-corrected chi connectivity index (χ2v) is 7.39. The van der Waals surface area contributed by atoms with Crippen LogP contribution in [0.2, 0.25) is 0 Å². The third kappa shape index (κ3) is 3.13. The van der Waals surface area contributed by atoms with E-state index in [1.54, 1.807) is 4.90 Å². The zero-order chi connectivity index (χ0) is 19.3. The van der Waals surface area contributed by atoms with Gasteiger partial charge in [-0.1, -0.05) is 0 Å². The molecule has 1 aliphatic heterocycles. The number of rotatable bonds is 4. The number of aromatic nitrogens is 1. The smallest absolute Gasteiger partial charge is 0.449 e. The molecule has 6 nitrogen and oxygen atoms in total. The summed E-state index contributed by atoms with van der Waals surface area (Å²) in [5.41, 5.74) is -0.998. The van der Waals surface area contributed by atoms with Crippen LogP contribution in [0.5, 0.6) is 5.75 Å². The zero-order valence-corrected chi connectivity index (χ0v) is 15.2. The lowest BCUT2D eigenvalue weighted by Crippen LogP contribution is -2.24. The maximum absolute atomic E-state index is 15.4. The number of halogens is 2. The highest BCUT2D eigenvalue weighted by atomic mass is 32.1. The molecule has 0 radical (unpaired) electrons. The van der Waals surface area contributed by atoms with E-state index in [9.17, 15) is 14.0 Å². The molecular formula is C18H18F2N2O4S. The summed E-state index contributed by atoms with van der Waals surface area (Å²) in [4.78, 5) is 25.0. The first-order chi connectivity index (χ1) is 12.9. The van der Waals surface area contributed by atoms with Crippen LogP contribution in [0.4, 0.5) is 19.3 Å². The van der Waals surface area contributed by atoms with Gasteiger partial charge in [0.1, 0.15) is 11.5 Å². The topological polar surface area (TPSA) is 71.8 Å². The lowest BCUT2D eigenvalue weighted by molar-refractivity contribution is 0.143. The molecule has 27 heavy (non-hydrogen) atoms. The van der Waals surface area contributed by atoms with Gasteiger partial charge in [0, 0.05) is 19.1 Å². The zero-order valence-electron chi connectivity index (χ0n) is 14.3. The summed E-state index contributed by atoms with van der Waals surface area (Å²) in [6.07, 6.45) is 1.88. The van der Waals surface area contributed by atoms with E-state index in [2.05, 4.69) is 17.4 Å². The number of hydrogen-bond acceptors (Lipinski definition) is 5. The summed E-state index contributed by atoms with van der Waals surface area (Å²) in [5.74, 6) is -1.21. The van der Waals surface area contributed by atoms with Gasteiger partial charge in [-0.15, -0.1) is 0 Å². The average molecular weight is 396 g/mol. The van der Waals surface area contributed by atoms with Crippen molar-refractivity contribution < 1.29 is 23.4 Å². The van der Waals surface area contributed by atoms with E-state index >= 15 is 4.39 Å². The van der Waals surface area contributed by atoms with Crippen LogP contribution in [0, 0.1) is 17.6 Å². The van der Waals surface area contributed by atoms with Crippen molar-refractivity contribution in [2.75, 3.05) is 23.7 Å². The molecule has 1 unspecified atom stereocenters. The van der Waals surface area contributed by atoms with Crippen molar-refractivity contribution in [2.24, 2.45) is 5.92 Å². The number of pyridine rings is 1. The van der Waals surface area contributed by atoms with Crippen LogP contribution in [0.15, 0.2) is 17.1 Å². The highest BCUT2D eigenvalue weighted by molar-refractivity contribution is 7.80. The number of carbonyl (C=O) groups is 1. The van der Waals surface area contributed by atoms with Crippen molar-refractivity contribution in [2.45, 2.75) is 25.3 Å². The second kappa shape index (κ2) is 6.70. The Morgan fingerprint density at radius 1 is 1.33 bits per heavy atom. The molecule has 2 fully saturated rings. The van der Waals surface area contributed by atoms with Gasteiger partial charge in [0.05, 0.1) is 17.1 Å². The van der Waals surface area contributed by atoms with E-state index in [1.807, 2.05) is 0 Å². The van der Waals surface area contributed by atoms with Gasteiger partial charge in [0.2, 0.25) is 5.43 Å². The minimum Gasteiger partial charge on any atom is -0.449 e. The third-order valence-electron chi connectivity index (χ3n) is 5.15. The molecule has 144 valence electrons. The number of ether oxygens (including phenoxy) is 1. The molecule has 2 heterocycles. The Kier molecular flexibility index (Phi) is 4.49. The number of anilines is 1. The quantitative estimate of drug-likeness (QED) is 0.612. The summed E-state index contributed by atoms with van der Waals surface area (Å²) in [7, 11) is 0. The molecule has 1 aromatic heterocycles. The highest BCUT2D eigenvalue weighted by Crippen LogP contribution is 2.41. The van der Waals surface area contributed by atoms with Crippen LogP contribution in [0.25, 0.3) is 10.9 Å². The fraction of sp³-hybridized carbons (Fsp3) is 0.444. The van der Waals surface area contributed by atoms with E-state index in [-0.39, 0.29) is 28.6 Å². The van der Waals surface area contributed by atoms with E-state index in [0.717, 1.165) is 25.3 Å². The van der Waals surface area contributed by atoms with Gasteiger partial charge in [0.25, 0.3) is 0 Å². The van der Waals surface area contributed by atoms with Crippen LogP contribution in [0.1, 0.15) is 25.3 Å². The molecule has 1 saturated heterocycles. The van der Waals surface area contributed by atoms with Crippen molar-refractivity contribution in [3.63, 3.8) is 0 Å². The third-order valence-corrected chi connectivity index (χ3v) is 5.67. The van der Waals surface area contributed by atoms with Crippen LogP contribution >= 0.6 is 12.6 Å². The first kappa shape index (κ1) is 18.1. The van der Waals surface area contributed by atoms with E-state index in [4.69, 9.17) is 5.11 Å². The van der Waals surface area contributed by atoms with E-state index in [1.165, 1.54) is 10.8 Å². The number of hydrogen-bond donors (Lipinski definition) is 2. The molecule has 0 spiro atoms. The minimum atomic E-state index is -1.65. The normalized spacial score (nSPS) is 19.7. The molecule has 0 bridgehead atoms. The van der Waals surface area contributed by atoms with Crippen LogP contribution < -0.4 is 15.1 Å². The Labute approximate surface area is 158 Å². The van der Waals surface area contributed by atoms with Crippen molar-refractivity contribution >= 4 is 35.4 Å². The van der Waals surface area contributed by atoms with Gasteiger partial charge >= 0.3 is 6.16 Å². The van der Waals surface area contributed by atoms with Gasteiger partial charge in [-0.2, -0.15) is 12.6 Å². The summed E-state index contributed by atoms with van der Waals surface area (Å²) < 4.78 is 36.2. The summed E-state index contributed by atoms with van der Waals surface area (Å²) in [6, 6.07) is 0.915. The Morgan fingerprint density at radius 2 is 2.07 bits per heavy atom. The Morgan fingerprint density at radius 3 is 2.67 bits per heavy atom. The highest BCUT2D eigenvalue weighted by Gasteiger charge is 2.32. The number of fused-ring (bicyclic) bond motifs is 1. The van der Waals surface area contributed by atoms with Crippen LogP contribution in [0.3, 0.4) is 0 Å². The molecule has 0 amide bonds. The largest absolute Gasteiger partial charge is 0.511 e. The molecule has 1 saturated carbocycles. The minimum absolute atomic E-state index is 0.00837. The molecule has 1 aliphatic carbocycles. The van der Waals surface area contributed by atoms with Crippen LogP contribution in [-0.2, 0) is 0 Å².